The molecule has 1 fully saturated rings. The minimum Gasteiger partial charge on any atom is -0.365 e. The van der Waals surface area contributed by atoms with Gasteiger partial charge in [0.05, 0.1) is 23.4 Å². The lowest BCUT2D eigenvalue weighted by molar-refractivity contribution is -0.121. The maximum atomic E-state index is 11.4. The Balaban J connectivity index is 2.09. The predicted molar refractivity (Wildman–Crippen MR) is 45.8 cm³/mol. The minimum absolute atomic E-state index is 0.0358. The van der Waals surface area contributed by atoms with Crippen LogP contribution in [-0.2, 0) is 20.2 Å². The quantitative estimate of drug-likeness (QED) is 0.506. The lowest BCUT2D eigenvalue weighted by atomic mass is 9.93. The number of hydrogen-bond acceptors (Lipinski definition) is 2. The van der Waals surface area contributed by atoms with Crippen molar-refractivity contribution in [1.29, 1.82) is 0 Å². The highest BCUT2D eigenvalue weighted by atomic mass is 32.2. The van der Waals surface area contributed by atoms with Crippen molar-refractivity contribution in [2.24, 2.45) is 10.3 Å². The maximum absolute atomic E-state index is 11.4. The molecule has 1 amide bonds. The molecule has 1 unspecified atom stereocenters. The number of ether oxygens (including phenoxy) is 1. The van der Waals surface area contributed by atoms with Gasteiger partial charge in [-0.3, -0.25) is 4.79 Å². The van der Waals surface area contributed by atoms with Gasteiger partial charge in [0.15, 0.2) is 0 Å². The molecule has 0 radical (unpaired) electrons. The predicted octanol–water partition coefficient (Wildman–Crippen LogP) is 0.280. The van der Waals surface area contributed by atoms with Crippen LogP contribution in [0.5, 0.6) is 0 Å². The Morgan fingerprint density at radius 1 is 1.50 bits per heavy atom. The van der Waals surface area contributed by atoms with Crippen LogP contribution in [0.3, 0.4) is 0 Å². The van der Waals surface area contributed by atoms with E-state index in [1.807, 2.05) is 12.3 Å². The topological polar surface area (TPSA) is 38.7 Å². The van der Waals surface area contributed by atoms with Gasteiger partial charge in [0.1, 0.15) is 0 Å². The number of carbonyl (C=O) groups is 1. The minimum atomic E-state index is -0.109. The van der Waals surface area contributed by atoms with Gasteiger partial charge in [-0.05, 0) is 6.26 Å². The molecule has 0 aromatic rings. The summed E-state index contributed by atoms with van der Waals surface area (Å²) in [5, 5.41) is 0.354. The molecular weight excluding hydrogens is 174 g/mol. The zero-order valence-corrected chi connectivity index (χ0v) is 7.45. The van der Waals surface area contributed by atoms with Gasteiger partial charge in [-0.2, -0.15) is 4.36 Å². The van der Waals surface area contributed by atoms with E-state index in [0.29, 0.717) is 5.25 Å². The summed E-state index contributed by atoms with van der Waals surface area (Å²) in [4.78, 5) is 11.4. The van der Waals surface area contributed by atoms with Crippen LogP contribution in [-0.4, -0.2) is 29.6 Å². The highest BCUT2D eigenvalue weighted by molar-refractivity contribution is 7.88. The zero-order valence-electron chi connectivity index (χ0n) is 6.64. The zero-order chi connectivity index (χ0) is 8.29. The van der Waals surface area contributed by atoms with Crippen LogP contribution < -0.4 is 0 Å². The molecule has 0 aromatic carbocycles. The fraction of sp³-hybridized carbons (Fsp3) is 0.625. The first-order chi connectivity index (χ1) is 5.77. The molecule has 2 bridgehead atoms. The summed E-state index contributed by atoms with van der Waals surface area (Å²) >= 11 is 0. The largest absolute Gasteiger partial charge is 0.365 e. The molecule has 64 valence electrons. The summed E-state index contributed by atoms with van der Waals surface area (Å²) in [6.45, 7) is 0. The first-order valence-corrected chi connectivity index (χ1v) is 5.67. The van der Waals surface area contributed by atoms with Crippen molar-refractivity contribution in [3.05, 3.63) is 12.2 Å². The second-order valence-corrected chi connectivity index (χ2v) is 5.17. The Kier molecular flexibility index (Phi) is 1.20. The van der Waals surface area contributed by atoms with E-state index in [2.05, 4.69) is 10.4 Å². The molecule has 3 aliphatic heterocycles. The Labute approximate surface area is 72.9 Å². The van der Waals surface area contributed by atoms with Crippen LogP contribution in [0.4, 0.5) is 0 Å². The van der Waals surface area contributed by atoms with E-state index >= 15 is 0 Å². The van der Waals surface area contributed by atoms with Crippen LogP contribution in [0.25, 0.3) is 0 Å². The average molecular weight is 183 g/mol. The molecule has 1 saturated heterocycles. The van der Waals surface area contributed by atoms with Crippen LogP contribution in [0.15, 0.2) is 16.5 Å². The van der Waals surface area contributed by atoms with Crippen molar-refractivity contribution < 1.29 is 9.53 Å². The van der Waals surface area contributed by atoms with Gasteiger partial charge in [0.2, 0.25) is 0 Å². The fourth-order valence-corrected chi connectivity index (χ4v) is 3.99. The second-order valence-electron chi connectivity index (χ2n) is 3.39. The van der Waals surface area contributed by atoms with E-state index in [1.165, 1.54) is 0 Å². The standard InChI is InChI=1S/C8H9NO2S/c1-12-7-5-3-2-4(11-5)6(7)8(10)9-12/h2-7H,1H3/t4-,5+,6+,7-,12?/m1/s1. The van der Waals surface area contributed by atoms with E-state index in [-0.39, 0.29) is 34.7 Å². The summed E-state index contributed by atoms with van der Waals surface area (Å²) in [6.07, 6.45) is 6.31. The van der Waals surface area contributed by atoms with Crippen molar-refractivity contribution >= 4 is 16.6 Å². The van der Waals surface area contributed by atoms with Gasteiger partial charge in [-0.1, -0.05) is 22.8 Å². The second kappa shape index (κ2) is 2.06. The van der Waals surface area contributed by atoms with Gasteiger partial charge < -0.3 is 4.74 Å². The Morgan fingerprint density at radius 2 is 2.25 bits per heavy atom. The Bertz CT molecular complexity index is 323. The summed E-state index contributed by atoms with van der Waals surface area (Å²) in [6, 6.07) is 0. The Hall–Kier alpha value is -0.480. The number of amides is 1. The van der Waals surface area contributed by atoms with Crippen LogP contribution in [0.2, 0.25) is 0 Å². The number of hydrogen-bond donors (Lipinski definition) is 0. The van der Waals surface area contributed by atoms with Gasteiger partial charge in [0, 0.05) is 0 Å². The van der Waals surface area contributed by atoms with E-state index < -0.39 is 0 Å². The van der Waals surface area contributed by atoms with Crippen LogP contribution >= 0.6 is 0 Å². The van der Waals surface area contributed by atoms with Crippen molar-refractivity contribution in [3.63, 3.8) is 0 Å². The number of fused-ring (bicyclic) bond motifs is 5. The van der Waals surface area contributed by atoms with Gasteiger partial charge >= 0.3 is 0 Å². The molecular formula is C8H9NO2S. The highest BCUT2D eigenvalue weighted by Gasteiger charge is 2.53. The molecule has 3 heterocycles. The third-order valence-electron chi connectivity index (χ3n) is 2.75. The molecule has 0 aliphatic carbocycles. The lowest BCUT2D eigenvalue weighted by Gasteiger charge is -2.14. The number of nitrogens with zero attached hydrogens (tertiary/aromatic N) is 1. The van der Waals surface area contributed by atoms with Crippen molar-refractivity contribution in [2.75, 3.05) is 6.26 Å². The van der Waals surface area contributed by atoms with Crippen LogP contribution in [0.1, 0.15) is 0 Å². The molecule has 3 rings (SSSR count). The molecule has 5 atom stereocenters. The lowest BCUT2D eigenvalue weighted by Crippen LogP contribution is -2.31. The van der Waals surface area contributed by atoms with E-state index in [9.17, 15) is 4.79 Å². The van der Waals surface area contributed by atoms with E-state index in [0.717, 1.165) is 0 Å². The molecule has 0 N–H and O–H groups in total. The molecule has 12 heavy (non-hydrogen) atoms. The summed E-state index contributed by atoms with van der Waals surface area (Å²) in [5.74, 6) is 0.107. The fourth-order valence-electron chi connectivity index (χ4n) is 2.22. The SMILES string of the molecule is CS1=NC(=O)[C@@H]2[C@H]1[C@@H]1C=C[C@H]2O1. The van der Waals surface area contributed by atoms with Crippen LogP contribution in [0, 0.1) is 5.92 Å². The van der Waals surface area contributed by atoms with E-state index in [4.69, 9.17) is 4.74 Å². The van der Waals surface area contributed by atoms with E-state index in [1.54, 1.807) is 0 Å². The molecule has 3 nitrogen and oxygen atoms in total. The van der Waals surface area contributed by atoms with Crippen molar-refractivity contribution in [2.45, 2.75) is 17.5 Å². The average Bonchev–Trinajstić information content (AvgIpc) is 2.64. The Morgan fingerprint density at radius 3 is 3.00 bits per heavy atom. The van der Waals surface area contributed by atoms with Crippen molar-refractivity contribution in [3.8, 4) is 0 Å². The molecule has 4 heteroatoms. The maximum Gasteiger partial charge on any atom is 0.258 e. The third-order valence-corrected chi connectivity index (χ3v) is 4.57. The summed E-state index contributed by atoms with van der Waals surface area (Å²) < 4.78 is 9.68. The smallest absolute Gasteiger partial charge is 0.258 e. The monoisotopic (exact) mass is 183 g/mol. The van der Waals surface area contributed by atoms with Gasteiger partial charge in [0.25, 0.3) is 5.91 Å². The molecule has 0 aromatic heterocycles. The molecule has 0 saturated carbocycles. The van der Waals surface area contributed by atoms with Gasteiger partial charge in [-0.15, -0.1) is 0 Å². The molecule has 0 spiro atoms. The normalized spacial score (nSPS) is 54.4. The summed E-state index contributed by atoms with van der Waals surface area (Å²) in [5.41, 5.74) is 0. The van der Waals surface area contributed by atoms with Gasteiger partial charge in [-0.25, -0.2) is 0 Å². The summed E-state index contributed by atoms with van der Waals surface area (Å²) in [7, 11) is -0.109. The number of rotatable bonds is 0. The third kappa shape index (κ3) is 0.653. The molecule has 3 aliphatic rings. The first kappa shape index (κ1) is 6.97. The number of carbonyl (C=O) groups excluding carboxylic acids is 1. The first-order valence-electron chi connectivity index (χ1n) is 4.01. The van der Waals surface area contributed by atoms with Crippen molar-refractivity contribution in [1.82, 2.24) is 0 Å². The highest BCUT2D eigenvalue weighted by Crippen LogP contribution is 2.41.